The standard InChI is InChI=1S/C25H19F2N3O3S/c1-2-3-14-30-20-13-10-17(15-22(20)34-21-7-5-4-6-19(21)23(30)31)29-25(32)28-16-8-11-18(12-9-16)33-24(26)27/h4-13,15,24H,14H2,1H3,(H2,28,29,32). The van der Waals surface area contributed by atoms with E-state index >= 15 is 0 Å². The van der Waals surface area contributed by atoms with Crippen molar-refractivity contribution in [2.24, 2.45) is 0 Å². The molecule has 4 rings (SSSR count). The smallest absolute Gasteiger partial charge is 0.387 e. The molecule has 0 unspecified atom stereocenters. The van der Waals surface area contributed by atoms with Crippen molar-refractivity contribution in [1.82, 2.24) is 0 Å². The lowest BCUT2D eigenvalue weighted by Crippen LogP contribution is -2.31. The molecule has 0 fully saturated rings. The zero-order valence-corrected chi connectivity index (χ0v) is 18.8. The highest BCUT2D eigenvalue weighted by Gasteiger charge is 2.27. The summed E-state index contributed by atoms with van der Waals surface area (Å²) >= 11 is 1.44. The van der Waals surface area contributed by atoms with Crippen molar-refractivity contribution in [3.63, 3.8) is 0 Å². The number of fused-ring (bicyclic) bond motifs is 2. The molecule has 3 aromatic rings. The normalized spacial score (nSPS) is 12.1. The number of halogens is 2. The van der Waals surface area contributed by atoms with Crippen LogP contribution in [0, 0.1) is 11.8 Å². The van der Waals surface area contributed by atoms with Crippen molar-refractivity contribution in [2.45, 2.75) is 23.3 Å². The van der Waals surface area contributed by atoms with Gasteiger partial charge in [0.05, 0.1) is 17.8 Å². The van der Waals surface area contributed by atoms with E-state index in [9.17, 15) is 18.4 Å². The first kappa shape index (κ1) is 23.1. The SMILES string of the molecule is CC#CCN1C(=O)c2ccccc2Sc2cc(NC(=O)Nc3ccc(OC(F)F)cc3)ccc21. The second kappa shape index (κ2) is 10.3. The molecule has 1 aliphatic heterocycles. The first-order chi connectivity index (χ1) is 16.4. The Hall–Kier alpha value is -4.03. The Balaban J connectivity index is 1.54. The molecule has 0 atom stereocenters. The monoisotopic (exact) mass is 479 g/mol. The Labute approximate surface area is 199 Å². The molecule has 6 nitrogen and oxygen atoms in total. The molecule has 3 aromatic carbocycles. The fourth-order valence-corrected chi connectivity index (χ4v) is 4.45. The average molecular weight is 480 g/mol. The number of nitrogens with one attached hydrogen (secondary N) is 2. The van der Waals surface area contributed by atoms with Crippen LogP contribution in [0.25, 0.3) is 0 Å². The molecule has 1 heterocycles. The van der Waals surface area contributed by atoms with E-state index < -0.39 is 12.6 Å². The molecule has 0 aliphatic carbocycles. The predicted molar refractivity (Wildman–Crippen MR) is 128 cm³/mol. The summed E-state index contributed by atoms with van der Waals surface area (Å²) in [6.45, 7) is -0.951. The van der Waals surface area contributed by atoms with E-state index in [1.54, 1.807) is 36.1 Å². The third kappa shape index (κ3) is 5.30. The van der Waals surface area contributed by atoms with Gasteiger partial charge in [-0.2, -0.15) is 8.78 Å². The molecule has 0 aromatic heterocycles. The molecular formula is C25H19F2N3O3S. The minimum absolute atomic E-state index is 0.00381. The highest BCUT2D eigenvalue weighted by Crippen LogP contribution is 2.42. The van der Waals surface area contributed by atoms with E-state index in [1.807, 2.05) is 18.2 Å². The van der Waals surface area contributed by atoms with Crippen LogP contribution in [0.3, 0.4) is 0 Å². The van der Waals surface area contributed by atoms with Gasteiger partial charge in [-0.25, -0.2) is 4.79 Å². The second-order valence-electron chi connectivity index (χ2n) is 7.08. The van der Waals surface area contributed by atoms with E-state index in [-0.39, 0.29) is 18.2 Å². The molecular weight excluding hydrogens is 460 g/mol. The van der Waals surface area contributed by atoms with Crippen molar-refractivity contribution in [2.75, 3.05) is 22.1 Å². The Morgan fingerprint density at radius 3 is 2.47 bits per heavy atom. The maximum atomic E-state index is 13.2. The lowest BCUT2D eigenvalue weighted by molar-refractivity contribution is -0.0498. The number of urea groups is 1. The maximum absolute atomic E-state index is 13.2. The summed E-state index contributed by atoms with van der Waals surface area (Å²) in [6, 6.07) is 17.7. The van der Waals surface area contributed by atoms with E-state index in [0.29, 0.717) is 22.6 Å². The van der Waals surface area contributed by atoms with Gasteiger partial charge in [0.1, 0.15) is 5.75 Å². The molecule has 2 N–H and O–H groups in total. The first-order valence-corrected chi connectivity index (χ1v) is 11.0. The summed E-state index contributed by atoms with van der Waals surface area (Å²) in [5.41, 5.74) is 2.23. The lowest BCUT2D eigenvalue weighted by atomic mass is 10.1. The van der Waals surface area contributed by atoms with E-state index in [4.69, 9.17) is 0 Å². The zero-order chi connectivity index (χ0) is 24.1. The van der Waals surface area contributed by atoms with Crippen LogP contribution in [-0.2, 0) is 0 Å². The van der Waals surface area contributed by atoms with Crippen molar-refractivity contribution in [3.8, 4) is 17.6 Å². The highest BCUT2D eigenvalue weighted by molar-refractivity contribution is 7.99. The maximum Gasteiger partial charge on any atom is 0.387 e. The number of anilines is 3. The van der Waals surface area contributed by atoms with Gasteiger partial charge in [-0.1, -0.05) is 29.8 Å². The fourth-order valence-electron chi connectivity index (χ4n) is 3.33. The molecule has 0 spiro atoms. The van der Waals surface area contributed by atoms with Gasteiger partial charge < -0.3 is 15.4 Å². The van der Waals surface area contributed by atoms with Crippen LogP contribution in [0.15, 0.2) is 76.5 Å². The summed E-state index contributed by atoms with van der Waals surface area (Å²) in [6.07, 6.45) is 0. The number of carbonyl (C=O) groups excluding carboxylic acids is 2. The van der Waals surface area contributed by atoms with E-state index in [1.165, 1.54) is 36.0 Å². The van der Waals surface area contributed by atoms with Crippen LogP contribution in [0.2, 0.25) is 0 Å². The van der Waals surface area contributed by atoms with Crippen LogP contribution < -0.4 is 20.3 Å². The number of carbonyl (C=O) groups is 2. The van der Waals surface area contributed by atoms with Crippen LogP contribution in [-0.4, -0.2) is 25.1 Å². The second-order valence-corrected chi connectivity index (χ2v) is 8.16. The van der Waals surface area contributed by atoms with Crippen LogP contribution in [0.1, 0.15) is 17.3 Å². The average Bonchev–Trinajstić information content (AvgIpc) is 2.92. The summed E-state index contributed by atoms with van der Waals surface area (Å²) in [5, 5.41) is 5.39. The topological polar surface area (TPSA) is 70.7 Å². The molecule has 9 heteroatoms. The quantitative estimate of drug-likeness (QED) is 0.436. The number of nitrogens with zero attached hydrogens (tertiary/aromatic N) is 1. The Kier molecular flexibility index (Phi) is 6.99. The molecule has 34 heavy (non-hydrogen) atoms. The number of benzene rings is 3. The third-order valence-corrected chi connectivity index (χ3v) is 5.97. The van der Waals surface area contributed by atoms with Crippen molar-refractivity contribution in [3.05, 3.63) is 72.3 Å². The van der Waals surface area contributed by atoms with Gasteiger partial charge in [-0.15, -0.1) is 5.92 Å². The molecule has 0 radical (unpaired) electrons. The Morgan fingerprint density at radius 2 is 1.74 bits per heavy atom. The van der Waals surface area contributed by atoms with Gasteiger partial charge in [0.25, 0.3) is 5.91 Å². The Bertz CT molecular complexity index is 1290. The summed E-state index contributed by atoms with van der Waals surface area (Å²) < 4.78 is 28.9. The number of hydrogen-bond acceptors (Lipinski definition) is 4. The van der Waals surface area contributed by atoms with Crippen molar-refractivity contribution < 1.29 is 23.1 Å². The van der Waals surface area contributed by atoms with Crippen LogP contribution >= 0.6 is 11.8 Å². The number of ether oxygens (including phenoxy) is 1. The molecule has 172 valence electrons. The Morgan fingerprint density at radius 1 is 1.03 bits per heavy atom. The molecule has 0 saturated heterocycles. The molecule has 0 bridgehead atoms. The number of rotatable bonds is 5. The molecule has 3 amide bonds. The summed E-state index contributed by atoms with van der Waals surface area (Å²) in [5.74, 6) is 5.63. The minimum Gasteiger partial charge on any atom is -0.435 e. The zero-order valence-electron chi connectivity index (χ0n) is 18.0. The van der Waals surface area contributed by atoms with E-state index in [0.717, 1.165) is 9.79 Å². The van der Waals surface area contributed by atoms with Gasteiger partial charge in [0.15, 0.2) is 0 Å². The first-order valence-electron chi connectivity index (χ1n) is 10.2. The largest absolute Gasteiger partial charge is 0.435 e. The van der Waals surface area contributed by atoms with Crippen LogP contribution in [0.5, 0.6) is 5.75 Å². The number of hydrogen-bond donors (Lipinski definition) is 2. The fraction of sp³-hybridized carbons (Fsp3) is 0.120. The van der Waals surface area contributed by atoms with Gasteiger partial charge in [0.2, 0.25) is 0 Å². The van der Waals surface area contributed by atoms with Gasteiger partial charge >= 0.3 is 12.6 Å². The highest BCUT2D eigenvalue weighted by atomic mass is 32.2. The van der Waals surface area contributed by atoms with Gasteiger partial charge in [-0.3, -0.25) is 9.69 Å². The van der Waals surface area contributed by atoms with Crippen LogP contribution in [0.4, 0.5) is 30.6 Å². The predicted octanol–water partition coefficient (Wildman–Crippen LogP) is 6.07. The van der Waals surface area contributed by atoms with Crippen molar-refractivity contribution >= 4 is 40.8 Å². The summed E-state index contributed by atoms with van der Waals surface area (Å²) in [4.78, 5) is 28.9. The van der Waals surface area contributed by atoms with E-state index in [2.05, 4.69) is 27.2 Å². The number of amides is 3. The molecule has 1 aliphatic rings. The lowest BCUT2D eigenvalue weighted by Gasteiger charge is -2.21. The minimum atomic E-state index is -2.92. The number of alkyl halides is 2. The van der Waals surface area contributed by atoms with Gasteiger partial charge in [0, 0.05) is 21.2 Å². The van der Waals surface area contributed by atoms with Crippen molar-refractivity contribution in [1.29, 1.82) is 0 Å². The summed E-state index contributed by atoms with van der Waals surface area (Å²) in [7, 11) is 0. The third-order valence-electron chi connectivity index (χ3n) is 4.84. The van der Waals surface area contributed by atoms with Gasteiger partial charge in [-0.05, 0) is 61.5 Å². The molecule has 0 saturated carbocycles.